The second-order valence-corrected chi connectivity index (χ2v) is 6.58. The van der Waals surface area contributed by atoms with Gasteiger partial charge in [0.1, 0.15) is 11.3 Å². The Bertz CT molecular complexity index is 1060. The van der Waals surface area contributed by atoms with Gasteiger partial charge in [-0.3, -0.25) is 5.43 Å². The van der Waals surface area contributed by atoms with Gasteiger partial charge in [-0.15, -0.1) is 0 Å². The Morgan fingerprint density at radius 1 is 1.22 bits per heavy atom. The molecule has 0 aliphatic rings. The lowest BCUT2D eigenvalue weighted by atomic mass is 9.87. The highest BCUT2D eigenvalue weighted by atomic mass is 32.1. The van der Waals surface area contributed by atoms with Crippen LogP contribution >= 0.6 is 12.2 Å². The molecule has 0 saturated carbocycles. The number of hydrogen-bond donors (Lipinski definition) is 3. The van der Waals surface area contributed by atoms with Crippen LogP contribution in [-0.4, -0.2) is 15.9 Å². The summed E-state index contributed by atoms with van der Waals surface area (Å²) >= 11 is 4.76. The monoisotopic (exact) mass is 381 g/mol. The number of rotatable bonds is 5. The van der Waals surface area contributed by atoms with Crippen LogP contribution in [0.25, 0.3) is 11.0 Å². The Kier molecular flexibility index (Phi) is 5.52. The lowest BCUT2D eigenvalue weighted by molar-refractivity contribution is 0.452. The quantitative estimate of drug-likeness (QED) is 0.271. The summed E-state index contributed by atoms with van der Waals surface area (Å²) in [7, 11) is 0. The van der Waals surface area contributed by atoms with Crippen LogP contribution in [0.3, 0.4) is 0 Å². The van der Waals surface area contributed by atoms with Crippen molar-refractivity contribution in [3.05, 3.63) is 76.1 Å². The summed E-state index contributed by atoms with van der Waals surface area (Å²) in [6, 6.07) is 16.3. The van der Waals surface area contributed by atoms with E-state index in [2.05, 4.69) is 10.5 Å². The normalized spacial score (nSPS) is 12.7. The molecule has 0 amide bonds. The van der Waals surface area contributed by atoms with Crippen LogP contribution in [0.2, 0.25) is 0 Å². The Labute approximate surface area is 161 Å². The fraction of sp³-hybridized carbons (Fsp3) is 0.150. The molecule has 138 valence electrons. The van der Waals surface area contributed by atoms with Crippen molar-refractivity contribution in [2.45, 2.75) is 19.3 Å². The first kappa shape index (κ1) is 18.6. The molecule has 1 aromatic heterocycles. The summed E-state index contributed by atoms with van der Waals surface area (Å²) in [5, 5.41) is 15.5. The summed E-state index contributed by atoms with van der Waals surface area (Å²) in [5.41, 5.74) is 9.46. The van der Waals surface area contributed by atoms with Crippen molar-refractivity contribution in [1.29, 1.82) is 0 Å². The lowest BCUT2D eigenvalue weighted by Crippen LogP contribution is -2.25. The molecule has 1 heterocycles. The van der Waals surface area contributed by atoms with Gasteiger partial charge in [0.05, 0.1) is 10.9 Å². The highest BCUT2D eigenvalue weighted by Gasteiger charge is 2.25. The molecule has 0 fully saturated rings. The van der Waals surface area contributed by atoms with E-state index in [4.69, 9.17) is 22.4 Å². The molecule has 6 nitrogen and oxygen atoms in total. The van der Waals surface area contributed by atoms with E-state index < -0.39 is 11.5 Å². The number of para-hydroxylation sites is 1. The SMILES string of the molecule is C/C(CC(c1ccccc1)c1c(O)c2ccccc2oc1=O)=N/NC(N)=S. The third-order valence-electron chi connectivity index (χ3n) is 4.23. The number of hydrazone groups is 1. The van der Waals surface area contributed by atoms with Gasteiger partial charge < -0.3 is 15.3 Å². The summed E-state index contributed by atoms with van der Waals surface area (Å²) < 4.78 is 5.44. The average molecular weight is 381 g/mol. The molecule has 0 aliphatic carbocycles. The second kappa shape index (κ2) is 8.01. The number of nitrogens with one attached hydrogen (secondary N) is 1. The maximum Gasteiger partial charge on any atom is 0.343 e. The van der Waals surface area contributed by atoms with Gasteiger partial charge in [-0.1, -0.05) is 42.5 Å². The highest BCUT2D eigenvalue weighted by molar-refractivity contribution is 7.80. The molecule has 0 radical (unpaired) electrons. The van der Waals surface area contributed by atoms with Gasteiger partial charge in [0.2, 0.25) is 0 Å². The van der Waals surface area contributed by atoms with Crippen molar-refractivity contribution in [3.8, 4) is 5.75 Å². The number of nitrogens with two attached hydrogens (primary N) is 1. The third kappa shape index (κ3) is 4.15. The molecule has 27 heavy (non-hydrogen) atoms. The molecule has 2 aromatic carbocycles. The Balaban J connectivity index is 2.14. The largest absolute Gasteiger partial charge is 0.507 e. The summed E-state index contributed by atoms with van der Waals surface area (Å²) in [5.74, 6) is -0.519. The van der Waals surface area contributed by atoms with E-state index in [9.17, 15) is 9.90 Å². The number of thiocarbonyl (C=S) groups is 1. The zero-order valence-electron chi connectivity index (χ0n) is 14.7. The van der Waals surface area contributed by atoms with Crippen LogP contribution in [-0.2, 0) is 0 Å². The van der Waals surface area contributed by atoms with E-state index in [1.54, 1.807) is 31.2 Å². The Hall–Kier alpha value is -3.19. The minimum Gasteiger partial charge on any atom is -0.507 e. The molecule has 3 rings (SSSR count). The molecule has 0 saturated heterocycles. The standard InChI is InChI=1S/C20H19N3O3S/c1-12(22-23-20(21)27)11-15(13-7-3-2-4-8-13)17-18(24)14-9-5-6-10-16(14)26-19(17)25/h2-10,15,24H,11H2,1H3,(H3,21,23,27)/b22-12-. The maximum atomic E-state index is 12.7. The zero-order chi connectivity index (χ0) is 19.4. The van der Waals surface area contributed by atoms with Crippen LogP contribution in [0.15, 0.2) is 68.9 Å². The molecule has 1 atom stereocenters. The molecular weight excluding hydrogens is 362 g/mol. The van der Waals surface area contributed by atoms with E-state index in [1.807, 2.05) is 30.3 Å². The second-order valence-electron chi connectivity index (χ2n) is 6.14. The van der Waals surface area contributed by atoms with Crippen molar-refractivity contribution in [3.63, 3.8) is 0 Å². The van der Waals surface area contributed by atoms with Crippen LogP contribution in [0.5, 0.6) is 5.75 Å². The minimum absolute atomic E-state index is 0.0543. The van der Waals surface area contributed by atoms with Gasteiger partial charge in [-0.2, -0.15) is 5.10 Å². The van der Waals surface area contributed by atoms with E-state index in [-0.39, 0.29) is 16.4 Å². The van der Waals surface area contributed by atoms with Crippen molar-refractivity contribution < 1.29 is 9.52 Å². The fourth-order valence-electron chi connectivity index (χ4n) is 3.02. The molecule has 0 bridgehead atoms. The zero-order valence-corrected chi connectivity index (χ0v) is 15.5. The Morgan fingerprint density at radius 3 is 2.59 bits per heavy atom. The number of nitrogens with zero attached hydrogens (tertiary/aromatic N) is 1. The Morgan fingerprint density at radius 2 is 1.89 bits per heavy atom. The molecule has 7 heteroatoms. The van der Waals surface area contributed by atoms with Crippen molar-refractivity contribution >= 4 is 34.0 Å². The number of fused-ring (bicyclic) bond motifs is 1. The van der Waals surface area contributed by atoms with Crippen LogP contribution in [0.1, 0.15) is 30.4 Å². The first-order chi connectivity index (χ1) is 13.0. The third-order valence-corrected chi connectivity index (χ3v) is 4.32. The molecule has 4 N–H and O–H groups in total. The maximum absolute atomic E-state index is 12.7. The molecular formula is C20H19N3O3S. The summed E-state index contributed by atoms with van der Waals surface area (Å²) in [6.45, 7) is 1.79. The van der Waals surface area contributed by atoms with Gasteiger partial charge in [-0.05, 0) is 43.3 Å². The van der Waals surface area contributed by atoms with E-state index in [0.717, 1.165) is 5.56 Å². The van der Waals surface area contributed by atoms with E-state index in [1.165, 1.54) is 0 Å². The first-order valence-electron chi connectivity index (χ1n) is 8.35. The predicted molar refractivity (Wildman–Crippen MR) is 110 cm³/mol. The van der Waals surface area contributed by atoms with Crippen LogP contribution in [0, 0.1) is 0 Å². The smallest absolute Gasteiger partial charge is 0.343 e. The average Bonchev–Trinajstić information content (AvgIpc) is 2.66. The fourth-order valence-corrected chi connectivity index (χ4v) is 3.06. The highest BCUT2D eigenvalue weighted by Crippen LogP contribution is 2.36. The van der Waals surface area contributed by atoms with Crippen LogP contribution in [0.4, 0.5) is 0 Å². The molecule has 3 aromatic rings. The first-order valence-corrected chi connectivity index (χ1v) is 8.76. The summed E-state index contributed by atoms with van der Waals surface area (Å²) in [4.78, 5) is 12.7. The van der Waals surface area contributed by atoms with Crippen molar-refractivity contribution in [1.82, 2.24) is 5.43 Å². The molecule has 0 aliphatic heterocycles. The van der Waals surface area contributed by atoms with Crippen molar-refractivity contribution in [2.24, 2.45) is 10.8 Å². The van der Waals surface area contributed by atoms with E-state index >= 15 is 0 Å². The number of benzene rings is 2. The van der Waals surface area contributed by atoms with E-state index in [0.29, 0.717) is 23.1 Å². The number of hydrogen-bond acceptors (Lipinski definition) is 5. The summed E-state index contributed by atoms with van der Waals surface area (Å²) in [6.07, 6.45) is 0.371. The molecule has 1 unspecified atom stereocenters. The minimum atomic E-state index is -0.574. The van der Waals surface area contributed by atoms with Crippen molar-refractivity contribution in [2.75, 3.05) is 0 Å². The van der Waals surface area contributed by atoms with Gasteiger partial charge in [0.25, 0.3) is 0 Å². The van der Waals surface area contributed by atoms with Gasteiger partial charge in [-0.25, -0.2) is 4.79 Å². The van der Waals surface area contributed by atoms with Gasteiger partial charge in [0, 0.05) is 11.6 Å². The van der Waals surface area contributed by atoms with Crippen LogP contribution < -0.4 is 16.8 Å². The van der Waals surface area contributed by atoms with Gasteiger partial charge in [0.15, 0.2) is 5.11 Å². The lowest BCUT2D eigenvalue weighted by Gasteiger charge is -2.18. The topological polar surface area (TPSA) is 101 Å². The number of aromatic hydroxyl groups is 1. The predicted octanol–water partition coefficient (Wildman–Crippen LogP) is 3.23. The van der Waals surface area contributed by atoms with Gasteiger partial charge >= 0.3 is 5.63 Å². The molecule has 0 spiro atoms.